The van der Waals surface area contributed by atoms with E-state index in [4.69, 9.17) is 0 Å². The number of carbonyl (C=O) groups excluding carboxylic acids is 1. The number of carbonyl (C=O) groups is 1. The molecule has 0 saturated heterocycles. The molecule has 2 aromatic carbocycles. The smallest absolute Gasteiger partial charge is 0.254 e. The number of halogens is 1. The summed E-state index contributed by atoms with van der Waals surface area (Å²) >= 11 is 1.59. The molecule has 1 saturated carbocycles. The van der Waals surface area contributed by atoms with E-state index in [1.54, 1.807) is 23.5 Å². The third-order valence-corrected chi connectivity index (χ3v) is 6.47. The van der Waals surface area contributed by atoms with Crippen molar-refractivity contribution in [1.82, 2.24) is 14.3 Å². The zero-order valence-corrected chi connectivity index (χ0v) is 17.5. The van der Waals surface area contributed by atoms with Crippen molar-refractivity contribution in [3.05, 3.63) is 82.7 Å². The summed E-state index contributed by atoms with van der Waals surface area (Å²) in [6.07, 6.45) is 4.93. The van der Waals surface area contributed by atoms with Crippen molar-refractivity contribution >= 4 is 22.2 Å². The van der Waals surface area contributed by atoms with E-state index in [1.165, 1.54) is 12.1 Å². The standard InChI is InChI=1S/C24H22FN3OS/c1-16-2-4-18(5-3-16)23(29)27(20-10-11-20)13-12-21-15-30-24-26-22(14-28(21)24)17-6-8-19(25)9-7-17/h2-9,14-15,20H,10-13H2,1H3. The fourth-order valence-electron chi connectivity index (χ4n) is 3.70. The molecule has 2 heterocycles. The van der Waals surface area contributed by atoms with E-state index in [-0.39, 0.29) is 11.7 Å². The van der Waals surface area contributed by atoms with E-state index in [0.717, 1.165) is 52.3 Å². The second-order valence-corrected chi connectivity index (χ2v) is 8.69. The minimum atomic E-state index is -0.251. The first-order valence-corrected chi connectivity index (χ1v) is 11.1. The highest BCUT2D eigenvalue weighted by Crippen LogP contribution is 2.29. The second-order valence-electron chi connectivity index (χ2n) is 7.86. The lowest BCUT2D eigenvalue weighted by Gasteiger charge is -2.22. The third-order valence-electron chi connectivity index (χ3n) is 5.58. The lowest BCUT2D eigenvalue weighted by Crippen LogP contribution is -2.35. The topological polar surface area (TPSA) is 37.6 Å². The van der Waals surface area contributed by atoms with Crippen molar-refractivity contribution in [2.45, 2.75) is 32.2 Å². The molecule has 0 unspecified atom stereocenters. The number of hydrogen-bond acceptors (Lipinski definition) is 3. The van der Waals surface area contributed by atoms with Crippen molar-refractivity contribution in [3.63, 3.8) is 0 Å². The highest BCUT2D eigenvalue weighted by Gasteiger charge is 2.32. The predicted octanol–water partition coefficient (Wildman–Crippen LogP) is 5.36. The summed E-state index contributed by atoms with van der Waals surface area (Å²) < 4.78 is 15.3. The highest BCUT2D eigenvalue weighted by molar-refractivity contribution is 7.15. The van der Waals surface area contributed by atoms with E-state index in [2.05, 4.69) is 14.8 Å². The molecule has 4 aromatic rings. The van der Waals surface area contributed by atoms with Crippen molar-refractivity contribution in [3.8, 4) is 11.3 Å². The van der Waals surface area contributed by atoms with Gasteiger partial charge in [0, 0.05) is 47.4 Å². The van der Waals surface area contributed by atoms with Gasteiger partial charge < -0.3 is 4.90 Å². The van der Waals surface area contributed by atoms with Crippen LogP contribution in [0.4, 0.5) is 4.39 Å². The van der Waals surface area contributed by atoms with Crippen LogP contribution >= 0.6 is 11.3 Å². The summed E-state index contributed by atoms with van der Waals surface area (Å²) in [4.78, 5) is 20.7. The molecule has 6 heteroatoms. The Morgan fingerprint density at radius 3 is 2.60 bits per heavy atom. The molecule has 0 spiro atoms. The van der Waals surface area contributed by atoms with Gasteiger partial charge in [-0.15, -0.1) is 11.3 Å². The number of imidazole rings is 1. The molecule has 1 aliphatic rings. The van der Waals surface area contributed by atoms with Crippen LogP contribution in [0.3, 0.4) is 0 Å². The zero-order chi connectivity index (χ0) is 20.7. The molecule has 1 amide bonds. The van der Waals surface area contributed by atoms with Gasteiger partial charge in [0.25, 0.3) is 5.91 Å². The van der Waals surface area contributed by atoms with Crippen LogP contribution in [0.2, 0.25) is 0 Å². The number of rotatable bonds is 6. The van der Waals surface area contributed by atoms with Gasteiger partial charge in [-0.25, -0.2) is 9.37 Å². The van der Waals surface area contributed by atoms with Crippen LogP contribution in [0, 0.1) is 12.7 Å². The summed E-state index contributed by atoms with van der Waals surface area (Å²) in [6.45, 7) is 2.72. The molecule has 0 bridgehead atoms. The Hall–Kier alpha value is -2.99. The molecule has 30 heavy (non-hydrogen) atoms. The number of fused-ring (bicyclic) bond motifs is 1. The molecular formula is C24H22FN3OS. The van der Waals surface area contributed by atoms with Crippen LogP contribution in [-0.2, 0) is 6.42 Å². The number of aromatic nitrogens is 2. The van der Waals surface area contributed by atoms with Gasteiger partial charge in [-0.1, -0.05) is 17.7 Å². The largest absolute Gasteiger partial charge is 0.335 e. The third kappa shape index (κ3) is 3.75. The van der Waals surface area contributed by atoms with Crippen LogP contribution in [0.1, 0.15) is 34.5 Å². The monoisotopic (exact) mass is 419 g/mol. The van der Waals surface area contributed by atoms with Gasteiger partial charge in [0.05, 0.1) is 5.69 Å². The molecular weight excluding hydrogens is 397 g/mol. The van der Waals surface area contributed by atoms with Gasteiger partial charge in [0.15, 0.2) is 4.96 Å². The maximum Gasteiger partial charge on any atom is 0.254 e. The van der Waals surface area contributed by atoms with Gasteiger partial charge in [0.2, 0.25) is 0 Å². The molecule has 0 radical (unpaired) electrons. The fraction of sp³-hybridized carbons (Fsp3) is 0.250. The van der Waals surface area contributed by atoms with E-state index < -0.39 is 0 Å². The summed E-state index contributed by atoms with van der Waals surface area (Å²) in [5, 5.41) is 2.11. The average Bonchev–Trinajstić information content (AvgIpc) is 3.38. The number of amides is 1. The first kappa shape index (κ1) is 19.0. The fourth-order valence-corrected chi connectivity index (χ4v) is 4.61. The molecule has 5 rings (SSSR count). The summed E-state index contributed by atoms with van der Waals surface area (Å²) in [5.74, 6) is -0.138. The minimum Gasteiger partial charge on any atom is -0.335 e. The van der Waals surface area contributed by atoms with Crippen molar-refractivity contribution in [1.29, 1.82) is 0 Å². The molecule has 1 aliphatic carbocycles. The maximum absolute atomic E-state index is 13.2. The molecule has 1 fully saturated rings. The van der Waals surface area contributed by atoms with Gasteiger partial charge in [-0.2, -0.15) is 0 Å². The second kappa shape index (κ2) is 7.69. The Kier molecular flexibility index (Phi) is 4.87. The normalized spacial score (nSPS) is 13.7. The van der Waals surface area contributed by atoms with E-state index in [0.29, 0.717) is 12.6 Å². The molecule has 2 aromatic heterocycles. The summed E-state index contributed by atoms with van der Waals surface area (Å²) in [5.41, 5.74) is 4.77. The van der Waals surface area contributed by atoms with E-state index >= 15 is 0 Å². The van der Waals surface area contributed by atoms with Crippen molar-refractivity contribution in [2.24, 2.45) is 0 Å². The molecule has 4 nitrogen and oxygen atoms in total. The predicted molar refractivity (Wildman–Crippen MR) is 117 cm³/mol. The first-order chi connectivity index (χ1) is 14.6. The molecule has 0 atom stereocenters. The van der Waals surface area contributed by atoms with E-state index in [1.807, 2.05) is 42.3 Å². The Balaban J connectivity index is 1.35. The quantitative estimate of drug-likeness (QED) is 0.422. The first-order valence-electron chi connectivity index (χ1n) is 10.2. The van der Waals surface area contributed by atoms with Crippen LogP contribution in [0.5, 0.6) is 0 Å². The maximum atomic E-state index is 13.2. The molecule has 0 aliphatic heterocycles. The SMILES string of the molecule is Cc1ccc(C(=O)N(CCc2csc3nc(-c4ccc(F)cc4)cn23)C2CC2)cc1. The van der Waals surface area contributed by atoms with Gasteiger partial charge >= 0.3 is 0 Å². The summed E-state index contributed by atoms with van der Waals surface area (Å²) in [7, 11) is 0. The van der Waals surface area contributed by atoms with Crippen molar-refractivity contribution in [2.75, 3.05) is 6.54 Å². The van der Waals surface area contributed by atoms with Crippen LogP contribution in [0.15, 0.2) is 60.1 Å². The highest BCUT2D eigenvalue weighted by atomic mass is 32.1. The number of nitrogens with zero attached hydrogens (tertiary/aromatic N) is 3. The lowest BCUT2D eigenvalue weighted by molar-refractivity contribution is 0.0744. The minimum absolute atomic E-state index is 0.113. The van der Waals surface area contributed by atoms with Crippen LogP contribution < -0.4 is 0 Å². The molecule has 0 N–H and O–H groups in total. The Bertz CT molecular complexity index is 1190. The number of hydrogen-bond donors (Lipinski definition) is 0. The van der Waals surface area contributed by atoms with Crippen LogP contribution in [-0.4, -0.2) is 32.8 Å². The molecule has 152 valence electrons. The van der Waals surface area contributed by atoms with Crippen LogP contribution in [0.25, 0.3) is 16.2 Å². The van der Waals surface area contributed by atoms with E-state index in [9.17, 15) is 9.18 Å². The van der Waals surface area contributed by atoms with Gasteiger partial charge in [0.1, 0.15) is 5.82 Å². The zero-order valence-electron chi connectivity index (χ0n) is 16.7. The number of thiazole rings is 1. The lowest BCUT2D eigenvalue weighted by atomic mass is 10.1. The van der Waals surface area contributed by atoms with Gasteiger partial charge in [-0.3, -0.25) is 9.20 Å². The summed E-state index contributed by atoms with van der Waals surface area (Å²) in [6, 6.07) is 14.6. The van der Waals surface area contributed by atoms with Gasteiger partial charge in [-0.05, 0) is 56.2 Å². The van der Waals surface area contributed by atoms with Crippen molar-refractivity contribution < 1.29 is 9.18 Å². The Morgan fingerprint density at radius 1 is 1.17 bits per heavy atom. The average molecular weight is 420 g/mol. The number of aryl methyl sites for hydroxylation is 1. The Morgan fingerprint density at radius 2 is 1.90 bits per heavy atom. The Labute approximate surface area is 178 Å². The number of benzene rings is 2.